The van der Waals surface area contributed by atoms with Crippen molar-refractivity contribution < 1.29 is 5.11 Å². The molecule has 2 nitrogen and oxygen atoms in total. The number of rotatable bonds is 9. The lowest BCUT2D eigenvalue weighted by molar-refractivity contribution is 0.167. The molecule has 102 valence electrons. The van der Waals surface area contributed by atoms with Crippen LogP contribution in [0.15, 0.2) is 0 Å². The first kappa shape index (κ1) is 15.3. The number of hydrogen-bond donors (Lipinski definition) is 2. The van der Waals surface area contributed by atoms with Crippen molar-refractivity contribution in [1.29, 1.82) is 0 Å². The largest absolute Gasteiger partial charge is 0.394 e. The fraction of sp³-hybridized carbons (Fsp3) is 1.00. The van der Waals surface area contributed by atoms with E-state index in [0.717, 1.165) is 18.9 Å². The van der Waals surface area contributed by atoms with Gasteiger partial charge >= 0.3 is 0 Å². The lowest BCUT2D eigenvalue weighted by Gasteiger charge is -2.28. The molecule has 0 aromatic carbocycles. The summed E-state index contributed by atoms with van der Waals surface area (Å²) in [7, 11) is 0. The maximum absolute atomic E-state index is 9.38. The first-order valence-electron chi connectivity index (χ1n) is 7.14. The van der Waals surface area contributed by atoms with E-state index in [-0.39, 0.29) is 12.1 Å². The second kappa shape index (κ2) is 8.39. The van der Waals surface area contributed by atoms with Gasteiger partial charge in [-0.15, -0.1) is 0 Å². The van der Waals surface area contributed by atoms with Gasteiger partial charge in [-0.3, -0.25) is 0 Å². The Labute approximate surface area is 111 Å². The topological polar surface area (TPSA) is 32.3 Å². The van der Waals surface area contributed by atoms with Crippen molar-refractivity contribution in [3.8, 4) is 0 Å². The van der Waals surface area contributed by atoms with Crippen molar-refractivity contribution in [2.24, 2.45) is 5.92 Å². The molecule has 0 aromatic rings. The average molecular weight is 259 g/mol. The van der Waals surface area contributed by atoms with Crippen molar-refractivity contribution in [2.45, 2.75) is 57.9 Å². The summed E-state index contributed by atoms with van der Waals surface area (Å²) in [5.74, 6) is 3.60. The van der Waals surface area contributed by atoms with E-state index in [4.69, 9.17) is 0 Å². The molecule has 1 atom stereocenters. The molecular weight excluding hydrogens is 230 g/mol. The maximum Gasteiger partial charge on any atom is 0.0610 e. The highest BCUT2D eigenvalue weighted by atomic mass is 32.2. The summed E-state index contributed by atoms with van der Waals surface area (Å²) in [6.07, 6.45) is 8.11. The number of hydrogen-bond acceptors (Lipinski definition) is 3. The van der Waals surface area contributed by atoms with Gasteiger partial charge in [0.05, 0.1) is 6.61 Å². The van der Waals surface area contributed by atoms with Crippen molar-refractivity contribution in [3.05, 3.63) is 0 Å². The minimum atomic E-state index is -0.0668. The molecule has 0 saturated heterocycles. The van der Waals surface area contributed by atoms with Gasteiger partial charge in [-0.25, -0.2) is 0 Å². The van der Waals surface area contributed by atoms with E-state index in [2.05, 4.69) is 30.9 Å². The zero-order chi connectivity index (χ0) is 12.6. The van der Waals surface area contributed by atoms with Crippen molar-refractivity contribution in [1.82, 2.24) is 5.32 Å². The van der Waals surface area contributed by atoms with E-state index in [9.17, 15) is 5.11 Å². The molecule has 1 rings (SSSR count). The van der Waals surface area contributed by atoms with Gasteiger partial charge in [0.1, 0.15) is 0 Å². The van der Waals surface area contributed by atoms with E-state index in [0.29, 0.717) is 0 Å². The molecule has 0 heterocycles. The van der Waals surface area contributed by atoms with Crippen LogP contribution in [0.3, 0.4) is 0 Å². The Hall–Kier alpha value is 0.270. The lowest BCUT2D eigenvalue weighted by Crippen LogP contribution is -2.45. The van der Waals surface area contributed by atoms with Crippen LogP contribution in [0.4, 0.5) is 0 Å². The number of likely N-dealkylation sites (N-methyl/N-ethyl adjacent to an activating group) is 1. The maximum atomic E-state index is 9.38. The third-order valence-electron chi connectivity index (χ3n) is 3.80. The van der Waals surface area contributed by atoms with Crippen LogP contribution in [0.5, 0.6) is 0 Å². The Balaban J connectivity index is 2.01. The Morgan fingerprint density at radius 3 is 2.65 bits per heavy atom. The highest BCUT2D eigenvalue weighted by molar-refractivity contribution is 7.99. The molecule has 0 bridgehead atoms. The van der Waals surface area contributed by atoms with Gasteiger partial charge in [-0.2, -0.15) is 11.8 Å². The van der Waals surface area contributed by atoms with Crippen LogP contribution in [-0.2, 0) is 0 Å². The van der Waals surface area contributed by atoms with Crippen LogP contribution in [-0.4, -0.2) is 35.3 Å². The highest BCUT2D eigenvalue weighted by Crippen LogP contribution is 2.28. The van der Waals surface area contributed by atoms with E-state index in [1.165, 1.54) is 43.6 Å². The molecule has 1 saturated carbocycles. The molecule has 1 unspecified atom stereocenters. The Morgan fingerprint density at radius 2 is 2.06 bits per heavy atom. The molecule has 0 aromatic heterocycles. The molecule has 2 N–H and O–H groups in total. The molecular formula is C14H29NOS. The summed E-state index contributed by atoms with van der Waals surface area (Å²) < 4.78 is 0. The Kier molecular flexibility index (Phi) is 7.56. The molecule has 17 heavy (non-hydrogen) atoms. The predicted octanol–water partition coefficient (Wildman–Crippen LogP) is 3.05. The van der Waals surface area contributed by atoms with E-state index >= 15 is 0 Å². The van der Waals surface area contributed by atoms with E-state index in [1.807, 2.05) is 0 Å². The van der Waals surface area contributed by atoms with Crippen LogP contribution in [0.25, 0.3) is 0 Å². The molecule has 0 radical (unpaired) electrons. The molecule has 1 aliphatic rings. The fourth-order valence-electron chi connectivity index (χ4n) is 2.64. The third kappa shape index (κ3) is 6.12. The van der Waals surface area contributed by atoms with Gasteiger partial charge in [0.2, 0.25) is 0 Å². The van der Waals surface area contributed by atoms with Crippen LogP contribution in [0, 0.1) is 5.92 Å². The van der Waals surface area contributed by atoms with Gasteiger partial charge < -0.3 is 10.4 Å². The summed E-state index contributed by atoms with van der Waals surface area (Å²) in [4.78, 5) is 0. The molecule has 0 amide bonds. The average Bonchev–Trinajstić information content (AvgIpc) is 2.82. The van der Waals surface area contributed by atoms with Crippen LogP contribution in [0.2, 0.25) is 0 Å². The monoisotopic (exact) mass is 259 g/mol. The van der Waals surface area contributed by atoms with E-state index in [1.54, 1.807) is 0 Å². The van der Waals surface area contributed by atoms with Crippen LogP contribution >= 0.6 is 11.8 Å². The highest BCUT2D eigenvalue weighted by Gasteiger charge is 2.21. The van der Waals surface area contributed by atoms with Gasteiger partial charge in [-0.05, 0) is 56.6 Å². The summed E-state index contributed by atoms with van der Waals surface area (Å²) >= 11 is 2.11. The summed E-state index contributed by atoms with van der Waals surface area (Å²) in [6.45, 7) is 5.40. The number of thioether (sulfide) groups is 1. The first-order chi connectivity index (χ1) is 8.20. The summed E-state index contributed by atoms with van der Waals surface area (Å²) in [5, 5.41) is 12.8. The van der Waals surface area contributed by atoms with E-state index < -0.39 is 0 Å². The number of nitrogens with one attached hydrogen (secondary N) is 1. The van der Waals surface area contributed by atoms with Crippen molar-refractivity contribution in [3.63, 3.8) is 0 Å². The van der Waals surface area contributed by atoms with Crippen LogP contribution < -0.4 is 5.32 Å². The standard InChI is InChI=1S/C14H29NOS/c1-3-15-14(2,12-16)9-6-10-17-11-13-7-4-5-8-13/h13,15-16H,3-12H2,1-2H3. The third-order valence-corrected chi connectivity index (χ3v) is 5.08. The van der Waals surface area contributed by atoms with Gasteiger partial charge in [0.15, 0.2) is 0 Å². The smallest absolute Gasteiger partial charge is 0.0610 e. The lowest BCUT2D eigenvalue weighted by atomic mass is 9.97. The Morgan fingerprint density at radius 1 is 1.35 bits per heavy atom. The normalized spacial score (nSPS) is 20.6. The predicted molar refractivity (Wildman–Crippen MR) is 77.7 cm³/mol. The van der Waals surface area contributed by atoms with Crippen molar-refractivity contribution in [2.75, 3.05) is 24.7 Å². The molecule has 1 fully saturated rings. The molecule has 0 aliphatic heterocycles. The SMILES string of the molecule is CCNC(C)(CO)CCCSCC1CCCC1. The number of aliphatic hydroxyl groups excluding tert-OH is 1. The Bertz CT molecular complexity index is 195. The van der Waals surface area contributed by atoms with Crippen LogP contribution in [0.1, 0.15) is 52.4 Å². The molecule has 3 heteroatoms. The fourth-order valence-corrected chi connectivity index (χ4v) is 3.82. The second-order valence-corrected chi connectivity index (χ2v) is 6.73. The quantitative estimate of drug-likeness (QED) is 0.624. The molecule has 1 aliphatic carbocycles. The zero-order valence-corrected chi connectivity index (χ0v) is 12.3. The zero-order valence-electron chi connectivity index (χ0n) is 11.5. The minimum absolute atomic E-state index is 0.0668. The summed E-state index contributed by atoms with van der Waals surface area (Å²) in [5.41, 5.74) is -0.0668. The number of aliphatic hydroxyl groups is 1. The molecule has 0 spiro atoms. The van der Waals surface area contributed by atoms with Crippen molar-refractivity contribution >= 4 is 11.8 Å². The second-order valence-electron chi connectivity index (χ2n) is 5.58. The minimum Gasteiger partial charge on any atom is -0.394 e. The summed E-state index contributed by atoms with van der Waals surface area (Å²) in [6, 6.07) is 0. The van der Waals surface area contributed by atoms with Gasteiger partial charge in [-0.1, -0.05) is 19.8 Å². The first-order valence-corrected chi connectivity index (χ1v) is 8.29. The van der Waals surface area contributed by atoms with Gasteiger partial charge in [0, 0.05) is 5.54 Å². The van der Waals surface area contributed by atoms with Gasteiger partial charge in [0.25, 0.3) is 0 Å².